The molecule has 4 aromatic rings. The van der Waals surface area contributed by atoms with Crippen LogP contribution in [0.2, 0.25) is 0 Å². The van der Waals surface area contributed by atoms with Crippen LogP contribution in [0.15, 0.2) is 89.4 Å². The van der Waals surface area contributed by atoms with Crippen molar-refractivity contribution in [2.24, 2.45) is 23.7 Å². The second-order valence-electron chi connectivity index (χ2n) is 11.1. The third-order valence-corrected chi connectivity index (χ3v) is 9.07. The van der Waals surface area contributed by atoms with Gasteiger partial charge in [-0.05, 0) is 61.1 Å². The van der Waals surface area contributed by atoms with Gasteiger partial charge in [0.15, 0.2) is 12.4 Å². The molecule has 2 fully saturated rings. The van der Waals surface area contributed by atoms with E-state index in [0.717, 1.165) is 16.5 Å². The van der Waals surface area contributed by atoms with E-state index >= 15 is 0 Å². The Hall–Kier alpha value is -4.43. The van der Waals surface area contributed by atoms with Crippen molar-refractivity contribution in [1.82, 2.24) is 4.98 Å². The van der Waals surface area contributed by atoms with E-state index < -0.39 is 5.97 Å². The fourth-order valence-electron chi connectivity index (χ4n) is 6.63. The molecule has 0 N–H and O–H groups in total. The lowest BCUT2D eigenvalue weighted by Gasteiger charge is -2.18. The molecule has 208 valence electrons. The lowest BCUT2D eigenvalue weighted by molar-refractivity contribution is -0.123. The number of aryl methyl sites for hydroxylation is 1. The van der Waals surface area contributed by atoms with Crippen LogP contribution in [0.3, 0.4) is 0 Å². The Kier molecular flexibility index (Phi) is 6.39. The number of esters is 1. The SMILES string of the molecule is Cc1cc(Br)cc2c(C(=O)OCC(=O)c3ccccc3)cc(-c3ccc(N4C(=O)C5C6C=CC(C6)C5C4=O)cc3)nc12. The first-order valence-corrected chi connectivity index (χ1v) is 14.6. The molecule has 8 heteroatoms. The summed E-state index contributed by atoms with van der Waals surface area (Å²) in [6.45, 7) is 1.52. The van der Waals surface area contributed by atoms with Gasteiger partial charge in [0.2, 0.25) is 11.8 Å². The summed E-state index contributed by atoms with van der Waals surface area (Å²) in [6.07, 6.45) is 5.04. The smallest absolute Gasteiger partial charge is 0.339 e. The number of rotatable bonds is 6. The number of halogens is 1. The Morgan fingerprint density at radius 3 is 2.26 bits per heavy atom. The largest absolute Gasteiger partial charge is 0.454 e. The highest BCUT2D eigenvalue weighted by atomic mass is 79.9. The van der Waals surface area contributed by atoms with Gasteiger partial charge in [-0.1, -0.05) is 70.5 Å². The molecule has 2 aliphatic carbocycles. The molecule has 7 rings (SSSR count). The highest BCUT2D eigenvalue weighted by molar-refractivity contribution is 9.10. The molecule has 2 amide bonds. The molecule has 7 nitrogen and oxygen atoms in total. The Bertz CT molecular complexity index is 1800. The number of benzene rings is 3. The molecule has 1 saturated carbocycles. The third kappa shape index (κ3) is 4.29. The second-order valence-corrected chi connectivity index (χ2v) is 12.0. The van der Waals surface area contributed by atoms with Gasteiger partial charge >= 0.3 is 5.97 Å². The van der Waals surface area contributed by atoms with Crippen LogP contribution < -0.4 is 4.90 Å². The minimum absolute atomic E-state index is 0.130. The predicted octanol–water partition coefficient (Wildman–Crippen LogP) is 6.32. The summed E-state index contributed by atoms with van der Waals surface area (Å²) in [5, 5.41) is 0.599. The molecular weight excluding hydrogens is 596 g/mol. The van der Waals surface area contributed by atoms with Crippen LogP contribution in [0.1, 0.15) is 32.7 Å². The number of aromatic nitrogens is 1. The molecule has 1 saturated heterocycles. The predicted molar refractivity (Wildman–Crippen MR) is 161 cm³/mol. The van der Waals surface area contributed by atoms with Gasteiger partial charge in [-0.15, -0.1) is 0 Å². The van der Waals surface area contributed by atoms with Crippen LogP contribution in [-0.2, 0) is 14.3 Å². The Morgan fingerprint density at radius 2 is 1.60 bits per heavy atom. The zero-order valence-electron chi connectivity index (χ0n) is 22.6. The van der Waals surface area contributed by atoms with Crippen LogP contribution in [0.5, 0.6) is 0 Å². The number of fused-ring (bicyclic) bond motifs is 6. The van der Waals surface area contributed by atoms with Crippen molar-refractivity contribution in [3.63, 3.8) is 0 Å². The number of nitrogens with zero attached hydrogens (tertiary/aromatic N) is 2. The van der Waals surface area contributed by atoms with E-state index in [2.05, 4.69) is 28.1 Å². The molecule has 3 aromatic carbocycles. The monoisotopic (exact) mass is 620 g/mol. The number of carbonyl (C=O) groups is 4. The molecule has 1 aliphatic heterocycles. The van der Waals surface area contributed by atoms with Crippen molar-refractivity contribution in [3.05, 3.63) is 106 Å². The fourth-order valence-corrected chi connectivity index (χ4v) is 7.20. The summed E-state index contributed by atoms with van der Waals surface area (Å²) in [7, 11) is 0. The molecule has 2 bridgehead atoms. The van der Waals surface area contributed by atoms with Crippen molar-refractivity contribution >= 4 is 56.1 Å². The number of carbonyl (C=O) groups excluding carboxylic acids is 4. The summed E-state index contributed by atoms with van der Waals surface area (Å²) in [4.78, 5) is 58.6. The number of Topliss-reactive ketones (excluding diaryl/α,β-unsaturated/α-hetero) is 1. The van der Waals surface area contributed by atoms with Crippen LogP contribution >= 0.6 is 15.9 Å². The Labute approximate surface area is 250 Å². The standard InChI is InChI=1S/C34H25BrN2O5/c1-18-13-23(35)15-25-26(34(41)42-17-28(38)20-5-3-2-4-6-20)16-27(36-31(18)25)19-9-11-24(12-10-19)37-32(39)29-21-7-8-22(14-21)30(29)33(37)40/h2-13,15-16,21-22,29-30H,14,17H2,1H3. The summed E-state index contributed by atoms with van der Waals surface area (Å²) in [5.74, 6) is -1.43. The number of allylic oxidation sites excluding steroid dienone is 2. The van der Waals surface area contributed by atoms with Gasteiger partial charge in [-0.2, -0.15) is 0 Å². The molecule has 42 heavy (non-hydrogen) atoms. The van der Waals surface area contributed by atoms with E-state index in [1.807, 2.05) is 19.1 Å². The van der Waals surface area contributed by atoms with Crippen LogP contribution in [0.4, 0.5) is 5.69 Å². The highest BCUT2D eigenvalue weighted by Gasteiger charge is 2.59. The van der Waals surface area contributed by atoms with Crippen molar-refractivity contribution in [3.8, 4) is 11.3 Å². The maximum Gasteiger partial charge on any atom is 0.339 e. The van der Waals surface area contributed by atoms with Gasteiger partial charge in [-0.25, -0.2) is 9.78 Å². The molecule has 1 aromatic heterocycles. The lowest BCUT2D eigenvalue weighted by Crippen LogP contribution is -2.32. The molecular formula is C34H25BrN2O5. The summed E-state index contributed by atoms with van der Waals surface area (Å²) >= 11 is 3.50. The summed E-state index contributed by atoms with van der Waals surface area (Å²) in [5.41, 5.74) is 3.99. The fraction of sp³-hybridized carbons (Fsp3) is 0.206. The molecule has 4 atom stereocenters. The van der Waals surface area contributed by atoms with E-state index in [1.165, 1.54) is 4.90 Å². The average Bonchev–Trinajstić information content (AvgIpc) is 3.69. The maximum absolute atomic E-state index is 13.4. The topological polar surface area (TPSA) is 93.6 Å². The normalized spacial score (nSPS) is 22.2. The first-order valence-electron chi connectivity index (χ1n) is 13.8. The van der Waals surface area contributed by atoms with Crippen molar-refractivity contribution < 1.29 is 23.9 Å². The van der Waals surface area contributed by atoms with Crippen molar-refractivity contribution in [2.75, 3.05) is 11.5 Å². The van der Waals surface area contributed by atoms with E-state index in [9.17, 15) is 19.2 Å². The number of hydrogen-bond acceptors (Lipinski definition) is 6. The first kappa shape index (κ1) is 26.5. The quantitative estimate of drug-likeness (QED) is 0.108. The number of pyridine rings is 1. The first-order chi connectivity index (χ1) is 20.3. The van der Waals surface area contributed by atoms with Crippen molar-refractivity contribution in [1.29, 1.82) is 0 Å². The second kappa shape index (κ2) is 10.1. The van der Waals surface area contributed by atoms with Gasteiger partial charge in [-0.3, -0.25) is 19.3 Å². The number of ether oxygens (including phenoxy) is 1. The number of hydrogen-bond donors (Lipinski definition) is 0. The lowest BCUT2D eigenvalue weighted by atomic mass is 9.85. The number of imide groups is 1. The number of ketones is 1. The van der Waals surface area contributed by atoms with Gasteiger partial charge in [0, 0.05) is 21.0 Å². The molecule has 0 radical (unpaired) electrons. The van der Waals surface area contributed by atoms with Gasteiger partial charge < -0.3 is 4.74 Å². The van der Waals surface area contributed by atoms with Gasteiger partial charge in [0.25, 0.3) is 0 Å². The molecule has 0 spiro atoms. The Morgan fingerprint density at radius 1 is 0.929 bits per heavy atom. The summed E-state index contributed by atoms with van der Waals surface area (Å²) in [6, 6.07) is 21.1. The molecule has 4 unspecified atom stereocenters. The van der Waals surface area contributed by atoms with Gasteiger partial charge in [0.05, 0.1) is 34.3 Å². The van der Waals surface area contributed by atoms with E-state index in [1.54, 1.807) is 60.7 Å². The zero-order valence-corrected chi connectivity index (χ0v) is 24.2. The maximum atomic E-state index is 13.4. The zero-order chi connectivity index (χ0) is 29.1. The van der Waals surface area contributed by atoms with Gasteiger partial charge in [0.1, 0.15) is 0 Å². The highest BCUT2D eigenvalue weighted by Crippen LogP contribution is 2.53. The Balaban J connectivity index is 1.20. The number of anilines is 1. The molecule has 3 aliphatic rings. The average molecular weight is 621 g/mol. The van der Waals surface area contributed by atoms with E-state index in [4.69, 9.17) is 9.72 Å². The van der Waals surface area contributed by atoms with Crippen LogP contribution in [0, 0.1) is 30.6 Å². The number of amides is 2. The molecule has 2 heterocycles. The minimum atomic E-state index is -0.634. The third-order valence-electron chi connectivity index (χ3n) is 8.61. The minimum Gasteiger partial charge on any atom is -0.454 e. The van der Waals surface area contributed by atoms with E-state index in [-0.39, 0.29) is 53.4 Å². The van der Waals surface area contributed by atoms with Crippen molar-refractivity contribution in [2.45, 2.75) is 13.3 Å². The van der Waals surface area contributed by atoms with E-state index in [0.29, 0.717) is 33.4 Å². The summed E-state index contributed by atoms with van der Waals surface area (Å²) < 4.78 is 6.26. The van der Waals surface area contributed by atoms with Crippen LogP contribution in [-0.4, -0.2) is 35.2 Å². The van der Waals surface area contributed by atoms with Crippen LogP contribution in [0.25, 0.3) is 22.2 Å².